The molecular weight excluding hydrogens is 374 g/mol. The minimum absolute atomic E-state index is 0.162. The predicted octanol–water partition coefficient (Wildman–Crippen LogP) is 3.20. The number of anilines is 2. The smallest absolute Gasteiger partial charge is 0.213 e. The third-order valence-corrected chi connectivity index (χ3v) is 4.61. The van der Waals surface area contributed by atoms with Crippen molar-refractivity contribution in [3.63, 3.8) is 0 Å². The summed E-state index contributed by atoms with van der Waals surface area (Å²) in [5.41, 5.74) is 1.54. The van der Waals surface area contributed by atoms with Gasteiger partial charge in [-0.05, 0) is 38.9 Å². The van der Waals surface area contributed by atoms with Crippen molar-refractivity contribution < 1.29 is 14.2 Å². The predicted molar refractivity (Wildman–Crippen MR) is 110 cm³/mol. The van der Waals surface area contributed by atoms with Crippen molar-refractivity contribution in [1.29, 1.82) is 0 Å². The summed E-state index contributed by atoms with van der Waals surface area (Å²) in [4.78, 5) is 19.0. The zero-order chi connectivity index (χ0) is 20.5. The Kier molecular flexibility index (Phi) is 7.57. The first kappa shape index (κ1) is 20.8. The van der Waals surface area contributed by atoms with E-state index in [0.717, 1.165) is 37.3 Å². The van der Waals surface area contributed by atoms with Crippen LogP contribution in [0.5, 0.6) is 17.4 Å². The van der Waals surface area contributed by atoms with Crippen molar-refractivity contribution in [3.8, 4) is 17.4 Å². The number of ether oxygens (including phenoxy) is 3. The van der Waals surface area contributed by atoms with Crippen LogP contribution in [-0.4, -0.2) is 49.4 Å². The van der Waals surface area contributed by atoms with Crippen LogP contribution in [0.15, 0.2) is 29.6 Å². The normalized spacial score (nSPS) is 14.3. The zero-order valence-electron chi connectivity index (χ0n) is 16.8. The number of nitroso groups, excluding NO2 is 1. The Hall–Kier alpha value is -2.94. The quantitative estimate of drug-likeness (QED) is 0.462. The number of aromatic nitrogens is 2. The molecule has 0 spiro atoms. The number of rotatable bonds is 10. The highest BCUT2D eigenvalue weighted by molar-refractivity contribution is 5.67. The Morgan fingerprint density at radius 3 is 2.83 bits per heavy atom. The van der Waals surface area contributed by atoms with Gasteiger partial charge in [0.1, 0.15) is 6.10 Å². The summed E-state index contributed by atoms with van der Waals surface area (Å²) < 4.78 is 17.3. The van der Waals surface area contributed by atoms with E-state index in [9.17, 15) is 4.91 Å². The summed E-state index contributed by atoms with van der Waals surface area (Å²) in [6, 6.07) is 5.46. The number of nitrogens with one attached hydrogen (secondary N) is 2. The second kappa shape index (κ2) is 10.6. The Morgan fingerprint density at radius 1 is 1.28 bits per heavy atom. The average Bonchev–Trinajstić information content (AvgIpc) is 2.74. The van der Waals surface area contributed by atoms with Gasteiger partial charge in [0.2, 0.25) is 11.6 Å². The molecule has 0 atom stereocenters. The largest absolute Gasteiger partial charge is 0.490 e. The number of methoxy groups -OCH3 is 1. The molecule has 2 aromatic heterocycles. The van der Waals surface area contributed by atoms with E-state index in [1.807, 2.05) is 19.1 Å². The minimum Gasteiger partial charge on any atom is -0.490 e. The van der Waals surface area contributed by atoms with Crippen LogP contribution in [0, 0.1) is 11.8 Å². The van der Waals surface area contributed by atoms with Crippen LogP contribution in [0.25, 0.3) is 0 Å². The number of pyridine rings is 2. The molecule has 1 fully saturated rings. The summed E-state index contributed by atoms with van der Waals surface area (Å²) in [6.45, 7) is 4.42. The molecule has 2 aromatic rings. The summed E-state index contributed by atoms with van der Waals surface area (Å²) >= 11 is 0. The summed E-state index contributed by atoms with van der Waals surface area (Å²) in [5.74, 6) is 2.30. The van der Waals surface area contributed by atoms with Crippen molar-refractivity contribution in [2.24, 2.45) is 5.18 Å². The van der Waals surface area contributed by atoms with E-state index in [4.69, 9.17) is 14.2 Å². The van der Waals surface area contributed by atoms with Crippen LogP contribution in [-0.2, 0) is 0 Å². The molecule has 1 aliphatic rings. The van der Waals surface area contributed by atoms with Crippen LogP contribution in [0.4, 0.5) is 11.5 Å². The van der Waals surface area contributed by atoms with Crippen LogP contribution in [0.3, 0.4) is 0 Å². The topological polar surface area (TPSA) is 107 Å². The van der Waals surface area contributed by atoms with Crippen LogP contribution in [0.2, 0.25) is 0 Å². The first-order valence-electron chi connectivity index (χ1n) is 9.78. The molecule has 0 amide bonds. The number of piperidine rings is 1. The van der Waals surface area contributed by atoms with E-state index in [-0.39, 0.29) is 12.6 Å². The highest BCUT2D eigenvalue weighted by atomic mass is 16.5. The Labute approximate surface area is 170 Å². The number of nitrogens with zero attached hydrogens (tertiary/aromatic N) is 3. The van der Waals surface area contributed by atoms with E-state index < -0.39 is 0 Å². The molecule has 0 radical (unpaired) electrons. The molecule has 9 heteroatoms. The van der Waals surface area contributed by atoms with Gasteiger partial charge in [0.15, 0.2) is 11.6 Å². The van der Waals surface area contributed by atoms with Crippen molar-refractivity contribution in [2.75, 3.05) is 38.7 Å². The fourth-order valence-corrected chi connectivity index (χ4v) is 3.09. The molecular formula is C20H27N5O4. The molecule has 29 heavy (non-hydrogen) atoms. The number of hydrogen-bond acceptors (Lipinski definition) is 9. The molecule has 0 unspecified atom stereocenters. The van der Waals surface area contributed by atoms with Crippen LogP contribution in [0.1, 0.15) is 25.0 Å². The highest BCUT2D eigenvalue weighted by Gasteiger charge is 2.19. The third-order valence-electron chi connectivity index (χ3n) is 4.61. The van der Waals surface area contributed by atoms with Gasteiger partial charge in [-0.15, -0.1) is 0 Å². The van der Waals surface area contributed by atoms with Gasteiger partial charge in [-0.3, -0.25) is 0 Å². The molecule has 3 heterocycles. The SMILES string of the molecule is COc1c(OC2CCNCC2)ccnc1Nc1ccc(OCCCN=O)nc1C. The monoisotopic (exact) mass is 401 g/mol. The third kappa shape index (κ3) is 5.77. The molecule has 2 N–H and O–H groups in total. The van der Waals surface area contributed by atoms with Crippen molar-refractivity contribution >= 4 is 11.5 Å². The van der Waals surface area contributed by atoms with Gasteiger partial charge in [0.25, 0.3) is 0 Å². The first-order chi connectivity index (χ1) is 14.2. The van der Waals surface area contributed by atoms with Crippen LogP contribution < -0.4 is 24.8 Å². The molecule has 0 bridgehead atoms. The number of hydrogen-bond donors (Lipinski definition) is 2. The van der Waals surface area contributed by atoms with Crippen LogP contribution >= 0.6 is 0 Å². The second-order valence-electron chi connectivity index (χ2n) is 6.72. The number of aryl methyl sites for hydroxylation is 1. The van der Waals surface area contributed by atoms with E-state index in [1.54, 1.807) is 19.4 Å². The van der Waals surface area contributed by atoms with Crippen molar-refractivity contribution in [1.82, 2.24) is 15.3 Å². The molecule has 0 aliphatic carbocycles. The fourth-order valence-electron chi connectivity index (χ4n) is 3.09. The Balaban J connectivity index is 1.70. The lowest BCUT2D eigenvalue weighted by Crippen LogP contribution is -2.34. The zero-order valence-corrected chi connectivity index (χ0v) is 16.8. The van der Waals surface area contributed by atoms with Gasteiger partial charge in [-0.1, -0.05) is 5.18 Å². The second-order valence-corrected chi connectivity index (χ2v) is 6.72. The van der Waals surface area contributed by atoms with Gasteiger partial charge in [0.05, 0.1) is 31.6 Å². The molecule has 0 aromatic carbocycles. The van der Waals surface area contributed by atoms with E-state index >= 15 is 0 Å². The lowest BCUT2D eigenvalue weighted by Gasteiger charge is -2.25. The van der Waals surface area contributed by atoms with E-state index in [0.29, 0.717) is 36.2 Å². The molecule has 0 saturated carbocycles. The van der Waals surface area contributed by atoms with Crippen molar-refractivity contribution in [3.05, 3.63) is 35.0 Å². The van der Waals surface area contributed by atoms with Crippen molar-refractivity contribution in [2.45, 2.75) is 32.3 Å². The average molecular weight is 401 g/mol. The molecule has 156 valence electrons. The summed E-state index contributed by atoms with van der Waals surface area (Å²) in [6.07, 6.45) is 4.34. The van der Waals surface area contributed by atoms with Gasteiger partial charge in [-0.2, -0.15) is 4.91 Å². The maximum atomic E-state index is 10.1. The Morgan fingerprint density at radius 2 is 2.10 bits per heavy atom. The maximum Gasteiger partial charge on any atom is 0.213 e. The molecule has 1 aliphatic heterocycles. The lowest BCUT2D eigenvalue weighted by molar-refractivity contribution is 0.156. The first-order valence-corrected chi connectivity index (χ1v) is 9.78. The summed E-state index contributed by atoms with van der Waals surface area (Å²) in [7, 11) is 1.60. The maximum absolute atomic E-state index is 10.1. The molecule has 1 saturated heterocycles. The molecule has 3 rings (SSSR count). The van der Waals surface area contributed by atoms with Gasteiger partial charge in [0, 0.05) is 24.8 Å². The van der Waals surface area contributed by atoms with Gasteiger partial charge in [-0.25, -0.2) is 9.97 Å². The fraction of sp³-hybridized carbons (Fsp3) is 0.500. The van der Waals surface area contributed by atoms with Gasteiger partial charge >= 0.3 is 0 Å². The lowest BCUT2D eigenvalue weighted by atomic mass is 10.1. The Bertz CT molecular complexity index is 811. The van der Waals surface area contributed by atoms with Gasteiger partial charge < -0.3 is 24.8 Å². The van der Waals surface area contributed by atoms with E-state index in [2.05, 4.69) is 25.8 Å². The molecule has 9 nitrogen and oxygen atoms in total. The standard InChI is InChI=1S/C20H27N5O4/c1-14-16(4-5-18(24-14)28-13-3-9-23-26)25-20-19(27-2)17(8-12-22-20)29-15-6-10-21-11-7-15/h4-5,8,12,15,21H,3,6-7,9-11,13H2,1-2H3,(H,22,25). The highest BCUT2D eigenvalue weighted by Crippen LogP contribution is 2.36. The minimum atomic E-state index is 0.162. The van der Waals surface area contributed by atoms with E-state index in [1.165, 1.54) is 0 Å². The summed E-state index contributed by atoms with van der Waals surface area (Å²) in [5, 5.41) is 9.41.